The van der Waals surface area contributed by atoms with E-state index in [4.69, 9.17) is 17.3 Å². The van der Waals surface area contributed by atoms with Crippen molar-refractivity contribution < 1.29 is 14.3 Å². The fraction of sp³-hybridized carbons (Fsp3) is 0.133. The molecule has 0 aliphatic rings. The van der Waals surface area contributed by atoms with E-state index in [0.717, 1.165) is 0 Å². The third-order valence-corrected chi connectivity index (χ3v) is 3.39. The summed E-state index contributed by atoms with van der Waals surface area (Å²) in [4.78, 5) is 11.1. The van der Waals surface area contributed by atoms with Gasteiger partial charge in [-0.25, -0.2) is 4.39 Å². The van der Waals surface area contributed by atoms with Gasteiger partial charge in [0.25, 0.3) is 0 Å². The van der Waals surface area contributed by atoms with Crippen molar-refractivity contribution in [2.75, 3.05) is 5.32 Å². The molecule has 1 unspecified atom stereocenters. The monoisotopic (exact) mass is 308 g/mol. The Kier molecular flexibility index (Phi) is 4.33. The molecule has 0 radical (unpaired) electrons. The van der Waals surface area contributed by atoms with Gasteiger partial charge in [0.1, 0.15) is 11.6 Å². The highest BCUT2D eigenvalue weighted by Gasteiger charge is 2.13. The van der Waals surface area contributed by atoms with Gasteiger partial charge in [-0.3, -0.25) is 4.79 Å². The summed E-state index contributed by atoms with van der Waals surface area (Å²) in [6.45, 7) is 1.77. The van der Waals surface area contributed by atoms with Crippen molar-refractivity contribution >= 4 is 23.2 Å². The van der Waals surface area contributed by atoms with Crippen LogP contribution in [0, 0.1) is 5.82 Å². The third kappa shape index (κ3) is 3.44. The van der Waals surface area contributed by atoms with Crippen LogP contribution in [0.15, 0.2) is 36.4 Å². The maximum atomic E-state index is 13.2. The van der Waals surface area contributed by atoms with Gasteiger partial charge >= 0.3 is 0 Å². The van der Waals surface area contributed by atoms with Gasteiger partial charge in [0.2, 0.25) is 5.91 Å². The molecule has 0 aliphatic heterocycles. The topological polar surface area (TPSA) is 75.3 Å². The molecule has 0 aromatic heterocycles. The Hall–Kier alpha value is -2.27. The first-order valence-corrected chi connectivity index (χ1v) is 6.60. The molecule has 2 aromatic rings. The van der Waals surface area contributed by atoms with Gasteiger partial charge in [-0.05, 0) is 43.3 Å². The van der Waals surface area contributed by atoms with Gasteiger partial charge in [0.15, 0.2) is 0 Å². The zero-order valence-corrected chi connectivity index (χ0v) is 12.0. The molecule has 0 heterocycles. The van der Waals surface area contributed by atoms with Crippen LogP contribution in [-0.4, -0.2) is 11.0 Å². The molecular formula is C15H14ClFN2O2. The van der Waals surface area contributed by atoms with Gasteiger partial charge in [-0.1, -0.05) is 11.6 Å². The quantitative estimate of drug-likeness (QED) is 0.809. The number of primary amides is 1. The van der Waals surface area contributed by atoms with Crippen molar-refractivity contribution in [3.05, 3.63) is 58.4 Å². The Morgan fingerprint density at radius 3 is 2.67 bits per heavy atom. The lowest BCUT2D eigenvalue weighted by atomic mass is 10.1. The highest BCUT2D eigenvalue weighted by molar-refractivity contribution is 6.34. The molecule has 4 nitrogen and oxygen atoms in total. The van der Waals surface area contributed by atoms with Crippen LogP contribution in [0.2, 0.25) is 5.02 Å². The maximum absolute atomic E-state index is 13.2. The van der Waals surface area contributed by atoms with Gasteiger partial charge in [-0.15, -0.1) is 0 Å². The van der Waals surface area contributed by atoms with E-state index < -0.39 is 11.7 Å². The van der Waals surface area contributed by atoms with Crippen LogP contribution in [0.3, 0.4) is 0 Å². The lowest BCUT2D eigenvalue weighted by molar-refractivity contribution is 0.100. The number of phenols is 1. The van der Waals surface area contributed by atoms with E-state index in [1.807, 2.05) is 0 Å². The number of carbonyl (C=O) groups is 1. The first kappa shape index (κ1) is 15.1. The minimum absolute atomic E-state index is 0.00347. The van der Waals surface area contributed by atoms with Crippen LogP contribution in [-0.2, 0) is 0 Å². The number of aromatic hydroxyl groups is 1. The Bertz CT molecular complexity index is 691. The van der Waals surface area contributed by atoms with E-state index in [1.165, 1.54) is 24.3 Å². The number of anilines is 1. The molecule has 0 fully saturated rings. The number of phenolic OH excluding ortho intramolecular Hbond substituents is 1. The molecule has 2 rings (SSSR count). The van der Waals surface area contributed by atoms with Crippen molar-refractivity contribution in [3.8, 4) is 5.75 Å². The van der Waals surface area contributed by atoms with E-state index in [-0.39, 0.29) is 22.4 Å². The van der Waals surface area contributed by atoms with Crippen LogP contribution >= 0.6 is 11.6 Å². The largest absolute Gasteiger partial charge is 0.508 e. The molecule has 21 heavy (non-hydrogen) atoms. The highest BCUT2D eigenvalue weighted by Crippen LogP contribution is 2.29. The van der Waals surface area contributed by atoms with Crippen molar-refractivity contribution in [1.82, 2.24) is 0 Å². The second-order valence-corrected chi connectivity index (χ2v) is 5.04. The third-order valence-electron chi connectivity index (χ3n) is 3.07. The lowest BCUT2D eigenvalue weighted by Crippen LogP contribution is -2.12. The molecule has 1 atom stereocenters. The van der Waals surface area contributed by atoms with Gasteiger partial charge in [-0.2, -0.15) is 0 Å². The number of hydrogen-bond acceptors (Lipinski definition) is 3. The summed E-state index contributed by atoms with van der Waals surface area (Å²) >= 11 is 5.96. The van der Waals surface area contributed by atoms with E-state index in [9.17, 15) is 14.3 Å². The maximum Gasteiger partial charge on any atom is 0.250 e. The molecular weight excluding hydrogens is 295 g/mol. The van der Waals surface area contributed by atoms with Gasteiger partial charge < -0.3 is 16.2 Å². The number of amides is 1. The summed E-state index contributed by atoms with van der Waals surface area (Å²) in [5.41, 5.74) is 6.45. The molecule has 0 saturated heterocycles. The zero-order chi connectivity index (χ0) is 15.6. The number of nitrogens with two attached hydrogens (primary N) is 1. The Balaban J connectivity index is 2.23. The number of hydrogen-bond donors (Lipinski definition) is 3. The minimum Gasteiger partial charge on any atom is -0.508 e. The Morgan fingerprint density at radius 1 is 1.33 bits per heavy atom. The van der Waals surface area contributed by atoms with Crippen molar-refractivity contribution in [2.45, 2.75) is 13.0 Å². The smallest absolute Gasteiger partial charge is 0.250 e. The molecule has 110 valence electrons. The standard InChI is InChI=1S/C15H14ClFN2O2/c1-8(12-6-9(17)2-5-14(12)20)19-10-3-4-11(15(18)21)13(16)7-10/h2-8,19-20H,1H3,(H2,18,21). The van der Waals surface area contributed by atoms with E-state index >= 15 is 0 Å². The van der Waals surface area contributed by atoms with Crippen LogP contribution in [0.4, 0.5) is 10.1 Å². The molecule has 0 aliphatic carbocycles. The molecule has 6 heteroatoms. The fourth-order valence-electron chi connectivity index (χ4n) is 2.00. The average molecular weight is 309 g/mol. The first-order chi connectivity index (χ1) is 9.88. The summed E-state index contributed by atoms with van der Waals surface area (Å²) in [6, 6.07) is 8.08. The molecule has 2 aromatic carbocycles. The lowest BCUT2D eigenvalue weighted by Gasteiger charge is -2.17. The van der Waals surface area contributed by atoms with Crippen molar-refractivity contribution in [3.63, 3.8) is 0 Å². The molecule has 0 bridgehead atoms. The van der Waals surface area contributed by atoms with Crippen molar-refractivity contribution in [2.24, 2.45) is 5.73 Å². The van der Waals surface area contributed by atoms with E-state index in [0.29, 0.717) is 11.3 Å². The second-order valence-electron chi connectivity index (χ2n) is 4.63. The fourth-order valence-corrected chi connectivity index (χ4v) is 2.28. The number of carbonyl (C=O) groups excluding carboxylic acids is 1. The zero-order valence-electron chi connectivity index (χ0n) is 11.2. The normalized spacial score (nSPS) is 12.0. The average Bonchev–Trinajstić information content (AvgIpc) is 2.41. The number of rotatable bonds is 4. The summed E-state index contributed by atoms with van der Waals surface area (Å²) in [5, 5.41) is 13.1. The highest BCUT2D eigenvalue weighted by atomic mass is 35.5. The summed E-state index contributed by atoms with van der Waals surface area (Å²) in [5.74, 6) is -1.04. The number of nitrogens with one attached hydrogen (secondary N) is 1. The van der Waals surface area contributed by atoms with E-state index in [1.54, 1.807) is 19.1 Å². The van der Waals surface area contributed by atoms with Crippen LogP contribution in [0.25, 0.3) is 0 Å². The van der Waals surface area contributed by atoms with Gasteiger partial charge in [0.05, 0.1) is 16.6 Å². The number of benzene rings is 2. The molecule has 4 N–H and O–H groups in total. The second kappa shape index (κ2) is 6.01. The Labute approximate surface area is 126 Å². The predicted octanol–water partition coefficient (Wildman–Crippen LogP) is 3.46. The predicted molar refractivity (Wildman–Crippen MR) is 80.1 cm³/mol. The van der Waals surface area contributed by atoms with Crippen molar-refractivity contribution in [1.29, 1.82) is 0 Å². The minimum atomic E-state index is -0.609. The summed E-state index contributed by atoms with van der Waals surface area (Å²) in [7, 11) is 0. The molecule has 0 spiro atoms. The number of halogens is 2. The van der Waals surface area contributed by atoms with Crippen LogP contribution in [0.5, 0.6) is 5.75 Å². The first-order valence-electron chi connectivity index (χ1n) is 6.23. The summed E-state index contributed by atoms with van der Waals surface area (Å²) in [6.07, 6.45) is 0. The molecule has 0 saturated carbocycles. The van der Waals surface area contributed by atoms with E-state index in [2.05, 4.69) is 5.32 Å². The van der Waals surface area contributed by atoms with Crippen LogP contribution in [0.1, 0.15) is 28.9 Å². The SMILES string of the molecule is CC(Nc1ccc(C(N)=O)c(Cl)c1)c1cc(F)ccc1O. The summed E-state index contributed by atoms with van der Waals surface area (Å²) < 4.78 is 13.2. The Morgan fingerprint density at radius 2 is 2.05 bits per heavy atom. The van der Waals surface area contributed by atoms with Gasteiger partial charge in [0, 0.05) is 11.3 Å². The van der Waals surface area contributed by atoms with Crippen LogP contribution < -0.4 is 11.1 Å². The molecule has 1 amide bonds.